The van der Waals surface area contributed by atoms with Gasteiger partial charge in [-0.25, -0.2) is 9.18 Å². The van der Waals surface area contributed by atoms with Crippen molar-refractivity contribution in [2.45, 2.75) is 188 Å². The monoisotopic (exact) mass is 927 g/mol. The number of cyclic esters (lactones) is 1. The molecular weight excluding hydrogens is 848 g/mol. The number of aromatic nitrogens is 1. The second-order valence-corrected chi connectivity index (χ2v) is 19.3. The molecular formula is C49H79FN8O8. The van der Waals surface area contributed by atoms with Crippen LogP contribution in [0, 0.1) is 40.8 Å². The van der Waals surface area contributed by atoms with Crippen molar-refractivity contribution in [3.63, 3.8) is 0 Å². The largest absolute Gasteiger partial charge is 0.451 e. The Hall–Kier alpha value is -5.14. The number of amides is 6. The Morgan fingerprint density at radius 1 is 0.697 bits per heavy atom. The molecule has 0 bridgehead atoms. The number of nitrogens with one attached hydrogen (secondary N) is 3. The minimum absolute atomic E-state index is 0.0483. The molecule has 370 valence electrons. The molecule has 2 rings (SSSR count). The first-order valence-electron chi connectivity index (χ1n) is 23.9. The van der Waals surface area contributed by atoms with Gasteiger partial charge in [0.25, 0.3) is 5.91 Å². The number of likely N-dealkylation sites (N-methyl/N-ethyl adjacent to an activating group) is 3. The molecule has 17 heteroatoms. The van der Waals surface area contributed by atoms with E-state index in [0.717, 1.165) is 49.6 Å². The van der Waals surface area contributed by atoms with Gasteiger partial charge in [-0.1, -0.05) is 93.9 Å². The lowest BCUT2D eigenvalue weighted by atomic mass is 9.94. The highest BCUT2D eigenvalue weighted by atomic mass is 19.1. The van der Waals surface area contributed by atoms with Gasteiger partial charge >= 0.3 is 5.97 Å². The molecule has 1 aromatic heterocycles. The Bertz CT molecular complexity index is 1820. The Kier molecular flexibility index (Phi) is 24.3. The van der Waals surface area contributed by atoms with Crippen LogP contribution in [0.25, 0.3) is 0 Å². The van der Waals surface area contributed by atoms with Gasteiger partial charge in [-0.15, -0.1) is 0 Å². The van der Waals surface area contributed by atoms with Gasteiger partial charge in [0.2, 0.25) is 29.5 Å². The van der Waals surface area contributed by atoms with Crippen LogP contribution in [-0.4, -0.2) is 125 Å². The highest BCUT2D eigenvalue weighted by Gasteiger charge is 2.40. The zero-order chi connectivity index (χ0) is 49.8. The summed E-state index contributed by atoms with van der Waals surface area (Å²) in [5.41, 5.74) is 0.294. The van der Waals surface area contributed by atoms with Gasteiger partial charge in [0.1, 0.15) is 42.1 Å². The summed E-state index contributed by atoms with van der Waals surface area (Å²) in [6, 6.07) is -4.09. The van der Waals surface area contributed by atoms with Crippen molar-refractivity contribution in [1.29, 1.82) is 5.26 Å². The molecule has 3 N–H and O–H groups in total. The summed E-state index contributed by atoms with van der Waals surface area (Å²) in [7, 11) is 4.26. The topological polar surface area (TPSA) is 211 Å². The number of ether oxygens (including phenoxy) is 1. The molecule has 6 amide bonds. The number of unbranched alkanes of at least 4 members (excludes halogenated alkanes) is 2. The third-order valence-corrected chi connectivity index (χ3v) is 12.4. The van der Waals surface area contributed by atoms with E-state index in [1.807, 2.05) is 61.5 Å². The van der Waals surface area contributed by atoms with Crippen LogP contribution in [0.5, 0.6) is 0 Å². The number of carbonyl (C=O) groups is 7. The van der Waals surface area contributed by atoms with Crippen LogP contribution >= 0.6 is 0 Å². The predicted octanol–water partition coefficient (Wildman–Crippen LogP) is 5.47. The number of hydrogen-bond donors (Lipinski definition) is 3. The predicted molar refractivity (Wildman–Crippen MR) is 249 cm³/mol. The zero-order valence-electron chi connectivity index (χ0n) is 41.7. The van der Waals surface area contributed by atoms with E-state index >= 15 is 0 Å². The third kappa shape index (κ3) is 17.9. The molecule has 1 fully saturated rings. The number of pyridine rings is 1. The van der Waals surface area contributed by atoms with Gasteiger partial charge < -0.3 is 35.4 Å². The standard InChI is InChI=1S/C49H79FN8O8/c1-13-15-18-32(7)24-38-46(62)56(10)34(9)49(65)66-42(20-17-21-51)45(61)55-39(25-33(8)19-16-14-2)48(64)57(11)40(23-31(5)6)43(59)53-37(22-30(3)4)47(63)58(12)41(44(60)54-38)27-35-26-36(50)29-52-28-35/h26,28-34,37-42H,13-20,22-25,27H2,1-12H3,(H,53,59)(H,54,60)(H,55,61)/t32-,33-,34+,37+,38+,39+,40+,41+,42-/m1/s1. The molecule has 1 saturated heterocycles. The maximum Gasteiger partial charge on any atom is 0.329 e. The van der Waals surface area contributed by atoms with Crippen LogP contribution in [0.1, 0.15) is 145 Å². The summed E-state index contributed by atoms with van der Waals surface area (Å²) < 4.78 is 20.3. The summed E-state index contributed by atoms with van der Waals surface area (Å²) in [6.07, 6.45) is 6.01. The molecule has 1 aliphatic heterocycles. The van der Waals surface area contributed by atoms with E-state index in [0.29, 0.717) is 5.56 Å². The number of nitrogens with zero attached hydrogens (tertiary/aromatic N) is 5. The van der Waals surface area contributed by atoms with Crippen LogP contribution in [0.2, 0.25) is 0 Å². The van der Waals surface area contributed by atoms with E-state index < -0.39 is 89.6 Å². The van der Waals surface area contributed by atoms with Crippen molar-refractivity contribution in [2.75, 3.05) is 21.1 Å². The van der Waals surface area contributed by atoms with Crippen molar-refractivity contribution < 1.29 is 42.7 Å². The lowest BCUT2D eigenvalue weighted by Gasteiger charge is -2.35. The Morgan fingerprint density at radius 3 is 1.65 bits per heavy atom. The molecule has 1 aromatic rings. The molecule has 66 heavy (non-hydrogen) atoms. The number of halogens is 1. The Balaban J connectivity index is 2.92. The van der Waals surface area contributed by atoms with E-state index in [1.54, 1.807) is 0 Å². The number of nitriles is 1. The van der Waals surface area contributed by atoms with Gasteiger partial charge in [0, 0.05) is 46.6 Å². The van der Waals surface area contributed by atoms with Crippen LogP contribution in [0.4, 0.5) is 4.39 Å². The lowest BCUT2D eigenvalue weighted by molar-refractivity contribution is -0.163. The fraction of sp³-hybridized carbons (Fsp3) is 0.735. The quantitative estimate of drug-likeness (QED) is 0.158. The number of carbonyl (C=O) groups excluding carboxylic acids is 7. The van der Waals surface area contributed by atoms with E-state index in [1.165, 1.54) is 50.1 Å². The fourth-order valence-corrected chi connectivity index (χ4v) is 8.24. The van der Waals surface area contributed by atoms with Crippen LogP contribution in [0.15, 0.2) is 18.5 Å². The second kappa shape index (κ2) is 28.1. The molecule has 0 saturated carbocycles. The fourth-order valence-electron chi connectivity index (χ4n) is 8.24. The van der Waals surface area contributed by atoms with Gasteiger partial charge in [-0.05, 0) is 67.9 Å². The Labute approximate surface area is 392 Å². The molecule has 0 spiro atoms. The highest BCUT2D eigenvalue weighted by Crippen LogP contribution is 2.22. The zero-order valence-corrected chi connectivity index (χ0v) is 41.7. The lowest BCUT2D eigenvalue weighted by Crippen LogP contribution is -2.60. The first-order valence-corrected chi connectivity index (χ1v) is 23.9. The summed E-state index contributed by atoms with van der Waals surface area (Å²) in [4.78, 5) is 109. The van der Waals surface area contributed by atoms with E-state index in [9.17, 15) is 43.2 Å². The number of rotatable bonds is 18. The molecule has 0 aromatic carbocycles. The molecule has 1 aliphatic rings. The second-order valence-electron chi connectivity index (χ2n) is 19.3. The van der Waals surface area contributed by atoms with E-state index in [-0.39, 0.29) is 68.6 Å². The van der Waals surface area contributed by atoms with Crippen molar-refractivity contribution in [3.05, 3.63) is 29.8 Å². The van der Waals surface area contributed by atoms with Gasteiger partial charge in [-0.2, -0.15) is 5.26 Å². The molecule has 9 atom stereocenters. The minimum Gasteiger partial charge on any atom is -0.451 e. The molecule has 0 aliphatic carbocycles. The Morgan fingerprint density at radius 2 is 1.17 bits per heavy atom. The molecule has 0 unspecified atom stereocenters. The minimum atomic E-state index is -1.51. The van der Waals surface area contributed by atoms with Crippen LogP contribution < -0.4 is 16.0 Å². The maximum absolute atomic E-state index is 14.8. The summed E-state index contributed by atoms with van der Waals surface area (Å²) >= 11 is 0. The van der Waals surface area contributed by atoms with Gasteiger partial charge in [0.15, 0.2) is 6.10 Å². The summed E-state index contributed by atoms with van der Waals surface area (Å²) in [6.45, 7) is 16.9. The van der Waals surface area contributed by atoms with Crippen molar-refractivity contribution in [3.8, 4) is 6.07 Å². The number of hydrogen-bond acceptors (Lipinski definition) is 10. The summed E-state index contributed by atoms with van der Waals surface area (Å²) in [5, 5.41) is 18.1. The first-order chi connectivity index (χ1) is 31.1. The van der Waals surface area contributed by atoms with Crippen molar-refractivity contribution >= 4 is 41.4 Å². The average molecular weight is 927 g/mol. The van der Waals surface area contributed by atoms with E-state index in [4.69, 9.17) is 4.74 Å². The third-order valence-electron chi connectivity index (χ3n) is 12.4. The van der Waals surface area contributed by atoms with Gasteiger partial charge in [0.05, 0.1) is 12.3 Å². The molecule has 2 heterocycles. The normalized spacial score (nSPS) is 24.6. The average Bonchev–Trinajstić information content (AvgIpc) is 3.26. The van der Waals surface area contributed by atoms with E-state index in [2.05, 4.69) is 20.9 Å². The molecule has 0 radical (unpaired) electrons. The van der Waals surface area contributed by atoms with Gasteiger partial charge in [-0.3, -0.25) is 33.8 Å². The van der Waals surface area contributed by atoms with Crippen molar-refractivity contribution in [1.82, 2.24) is 35.6 Å². The highest BCUT2D eigenvalue weighted by molar-refractivity contribution is 5.97. The maximum atomic E-state index is 14.8. The first kappa shape index (κ1) is 57.0. The van der Waals surface area contributed by atoms with Crippen LogP contribution in [0.3, 0.4) is 0 Å². The van der Waals surface area contributed by atoms with Crippen molar-refractivity contribution in [2.24, 2.45) is 23.7 Å². The SMILES string of the molecule is CCCC[C@@H](C)C[C@@H]1NC(=O)[C@H](Cc2cncc(F)c2)N(C)C(=O)[C@H](CC(C)C)NC(=O)[C@H](CC(C)C)N(C)C(=O)[C@H](C[C@H](C)CCCC)NC(=O)[C@@H](CCC#N)OC(=O)[C@H](C)N(C)C1=O. The summed E-state index contributed by atoms with van der Waals surface area (Å²) in [5.74, 6) is -6.00. The number of esters is 1. The van der Waals surface area contributed by atoms with Crippen LogP contribution in [-0.2, 0) is 44.7 Å². The smallest absolute Gasteiger partial charge is 0.329 e. The molecule has 16 nitrogen and oxygen atoms in total.